The first kappa shape index (κ1) is 36.1. The van der Waals surface area contributed by atoms with E-state index in [2.05, 4.69) is 197 Å². The Balaban J connectivity index is 1.24. The highest BCUT2D eigenvalue weighted by Crippen LogP contribution is 2.46. The maximum Gasteiger partial charge on any atom is 0.149 e. The van der Waals surface area contributed by atoms with E-state index in [-0.39, 0.29) is 16.6 Å². The summed E-state index contributed by atoms with van der Waals surface area (Å²) in [6, 6.07) is 50.1. The molecule has 0 saturated carbocycles. The molecule has 11 aromatic rings. The third-order valence-electron chi connectivity index (χ3n) is 12.6. The van der Waals surface area contributed by atoms with Crippen molar-refractivity contribution in [3.63, 3.8) is 0 Å². The Kier molecular flexibility index (Phi) is 7.68. The number of rotatable bonds is 4. The van der Waals surface area contributed by atoms with Gasteiger partial charge < -0.3 is 9.51 Å². The van der Waals surface area contributed by atoms with Gasteiger partial charge in [-0.05, 0) is 88.4 Å². The number of aromatic hydroxyl groups is 1. The lowest BCUT2D eigenvalue weighted by Crippen LogP contribution is -2.17. The fraction of sp³-hybridized carbons (Fsp3) is 0.164. The zero-order valence-corrected chi connectivity index (χ0v) is 35.1. The maximum atomic E-state index is 12.4. The molecule has 1 N–H and O–H groups in total. The van der Waals surface area contributed by atoms with Gasteiger partial charge in [-0.1, -0.05) is 138 Å². The van der Waals surface area contributed by atoms with E-state index < -0.39 is 0 Å². The Morgan fingerprint density at radius 2 is 1.32 bits per heavy atom. The van der Waals surface area contributed by atoms with Crippen molar-refractivity contribution in [3.05, 3.63) is 162 Å². The Labute approximate surface area is 349 Å². The average molecular weight is 779 g/mol. The van der Waals surface area contributed by atoms with Crippen LogP contribution in [0.5, 0.6) is 5.75 Å². The lowest BCUT2D eigenvalue weighted by atomic mass is 9.79. The first-order valence-electron chi connectivity index (χ1n) is 20.9. The molecule has 0 atom stereocenters. The van der Waals surface area contributed by atoms with E-state index in [4.69, 9.17) is 9.97 Å². The largest absolute Gasteiger partial charge is 0.507 e. The number of aromatic nitrogens is 4. The highest BCUT2D eigenvalue weighted by Gasteiger charge is 2.29. The summed E-state index contributed by atoms with van der Waals surface area (Å²) in [6.07, 6.45) is 1.93. The molecule has 5 nitrogen and oxygen atoms in total. The molecule has 0 amide bonds. The van der Waals surface area contributed by atoms with Crippen molar-refractivity contribution in [2.24, 2.45) is 0 Å². The molecule has 0 bridgehead atoms. The van der Waals surface area contributed by atoms with Crippen LogP contribution in [-0.2, 0) is 10.8 Å². The fourth-order valence-corrected chi connectivity index (χ4v) is 9.52. The van der Waals surface area contributed by atoms with E-state index >= 15 is 0 Å². The first-order chi connectivity index (χ1) is 28.9. The number of benzene rings is 7. The van der Waals surface area contributed by atoms with Crippen LogP contribution in [0, 0.1) is 6.92 Å². The second-order valence-electron chi connectivity index (χ2n) is 18.6. The minimum absolute atomic E-state index is 0.168. The highest BCUT2D eigenvalue weighted by atomic mass is 16.3. The summed E-state index contributed by atoms with van der Waals surface area (Å²) in [7, 11) is 0. The Morgan fingerprint density at radius 1 is 0.550 bits per heavy atom. The Bertz CT molecular complexity index is 3520. The third-order valence-corrected chi connectivity index (χ3v) is 12.6. The number of hydrogen-bond acceptors (Lipinski definition) is 3. The molecular formula is C55H46N4O. The van der Waals surface area contributed by atoms with Gasteiger partial charge in [0, 0.05) is 44.4 Å². The summed E-state index contributed by atoms with van der Waals surface area (Å²) >= 11 is 0. The minimum Gasteiger partial charge on any atom is -0.507 e. The van der Waals surface area contributed by atoms with Crippen molar-refractivity contribution in [1.29, 1.82) is 0 Å². The first-order valence-corrected chi connectivity index (χ1v) is 20.9. The monoisotopic (exact) mass is 778 g/mol. The van der Waals surface area contributed by atoms with Crippen molar-refractivity contribution >= 4 is 60.0 Å². The molecule has 4 heterocycles. The van der Waals surface area contributed by atoms with Crippen LogP contribution in [0.3, 0.4) is 0 Å². The summed E-state index contributed by atoms with van der Waals surface area (Å²) < 4.78 is 4.70. The van der Waals surface area contributed by atoms with Crippen molar-refractivity contribution in [3.8, 4) is 45.1 Å². The second kappa shape index (κ2) is 12.8. The van der Waals surface area contributed by atoms with E-state index in [0.29, 0.717) is 5.82 Å². The van der Waals surface area contributed by atoms with Gasteiger partial charge in [-0.15, -0.1) is 0 Å². The van der Waals surface area contributed by atoms with Crippen LogP contribution in [0.2, 0.25) is 0 Å². The number of imidazole rings is 1. The van der Waals surface area contributed by atoms with Crippen LogP contribution < -0.4 is 0 Å². The molecule has 0 spiro atoms. The molecule has 4 aromatic heterocycles. The van der Waals surface area contributed by atoms with E-state index in [9.17, 15) is 5.11 Å². The topological polar surface area (TPSA) is 55.3 Å². The Hall–Kier alpha value is -6.98. The zero-order valence-electron chi connectivity index (χ0n) is 35.1. The fourth-order valence-electron chi connectivity index (χ4n) is 9.52. The number of aryl methyl sites for hydroxylation is 1. The van der Waals surface area contributed by atoms with E-state index in [0.717, 1.165) is 72.1 Å². The highest BCUT2D eigenvalue weighted by molar-refractivity contribution is 6.27. The number of fused-ring (bicyclic) bond motifs is 7. The van der Waals surface area contributed by atoms with Crippen LogP contribution in [0.1, 0.15) is 58.2 Å². The van der Waals surface area contributed by atoms with Gasteiger partial charge in [-0.3, -0.25) is 9.55 Å². The van der Waals surface area contributed by atoms with Crippen LogP contribution in [-0.4, -0.2) is 24.0 Å². The standard InChI is InChI=1S/C55H46N4O/c1-32-20-24-45(40(28-32)33-14-9-8-10-15-33)59-47-19-13-17-37(49(47)57-53(59)42-30-36(54(2,3)4)31-43(52(42)60)55(5,6)7)35-22-25-46-41(29-35)50-48-34(26-27-56-50)21-23-39-38-16-11-12-18-44(38)58(46)51(39)48/h8-31,60H,1-7H3. The molecule has 0 aliphatic carbocycles. The molecule has 0 radical (unpaired) electrons. The lowest BCUT2D eigenvalue weighted by molar-refractivity contribution is 0.446. The average Bonchev–Trinajstić information content (AvgIpc) is 3.79. The van der Waals surface area contributed by atoms with Gasteiger partial charge in [0.05, 0.1) is 44.4 Å². The molecule has 7 aromatic carbocycles. The molecule has 292 valence electrons. The predicted molar refractivity (Wildman–Crippen MR) is 251 cm³/mol. The van der Waals surface area contributed by atoms with Gasteiger partial charge in [-0.25, -0.2) is 4.98 Å². The molecule has 60 heavy (non-hydrogen) atoms. The minimum atomic E-state index is -0.309. The maximum absolute atomic E-state index is 12.4. The number of phenols is 1. The van der Waals surface area contributed by atoms with E-state index in [1.165, 1.54) is 38.1 Å². The van der Waals surface area contributed by atoms with Crippen molar-refractivity contribution < 1.29 is 5.11 Å². The quantitative estimate of drug-likeness (QED) is 0.143. The third kappa shape index (κ3) is 5.31. The molecule has 0 aliphatic heterocycles. The molecule has 0 fully saturated rings. The number of para-hydroxylation sites is 2. The van der Waals surface area contributed by atoms with Crippen LogP contribution in [0.4, 0.5) is 0 Å². The van der Waals surface area contributed by atoms with Gasteiger partial charge in [0.25, 0.3) is 0 Å². The second-order valence-corrected chi connectivity index (χ2v) is 18.6. The summed E-state index contributed by atoms with van der Waals surface area (Å²) in [4.78, 5) is 10.7. The molecular weight excluding hydrogens is 733 g/mol. The number of pyridine rings is 2. The summed E-state index contributed by atoms with van der Waals surface area (Å²) in [6.45, 7) is 15.3. The summed E-state index contributed by atoms with van der Waals surface area (Å²) in [5, 5.41) is 18.3. The van der Waals surface area contributed by atoms with Gasteiger partial charge in [0.1, 0.15) is 11.6 Å². The van der Waals surface area contributed by atoms with Gasteiger partial charge in [-0.2, -0.15) is 0 Å². The molecule has 5 heteroatoms. The van der Waals surface area contributed by atoms with Crippen LogP contribution in [0.15, 0.2) is 146 Å². The molecule has 0 aliphatic rings. The van der Waals surface area contributed by atoms with Crippen molar-refractivity contribution in [2.75, 3.05) is 0 Å². The Morgan fingerprint density at radius 3 is 2.12 bits per heavy atom. The van der Waals surface area contributed by atoms with Gasteiger partial charge >= 0.3 is 0 Å². The molecule has 0 unspecified atom stereocenters. The molecule has 0 saturated heterocycles. The van der Waals surface area contributed by atoms with E-state index in [1.807, 2.05) is 6.20 Å². The number of nitrogens with zero attached hydrogens (tertiary/aromatic N) is 4. The smallest absolute Gasteiger partial charge is 0.149 e. The van der Waals surface area contributed by atoms with Crippen LogP contribution >= 0.6 is 0 Å². The van der Waals surface area contributed by atoms with Gasteiger partial charge in [0.15, 0.2) is 0 Å². The summed E-state index contributed by atoms with van der Waals surface area (Å²) in [5.74, 6) is 0.964. The van der Waals surface area contributed by atoms with E-state index in [1.54, 1.807) is 0 Å². The van der Waals surface area contributed by atoms with Crippen molar-refractivity contribution in [2.45, 2.75) is 59.3 Å². The number of phenolic OH excluding ortho intramolecular Hbond substituents is 1. The number of hydrogen-bond donors (Lipinski definition) is 1. The summed E-state index contributed by atoms with van der Waals surface area (Å²) in [5.41, 5.74) is 15.1. The zero-order chi connectivity index (χ0) is 41.2. The predicted octanol–water partition coefficient (Wildman–Crippen LogP) is 14.3. The SMILES string of the molecule is Cc1ccc(-n2c(-c3cc(C(C)(C)C)cc(C(C)(C)C)c3O)nc3c(-c4ccc5c(c4)c4nccc6ccc7c8ccccc8n5c7c64)cccc32)c(-c2ccccc2)c1. The van der Waals surface area contributed by atoms with Gasteiger partial charge in [0.2, 0.25) is 0 Å². The molecule has 11 rings (SSSR count). The lowest BCUT2D eigenvalue weighted by Gasteiger charge is -2.27. The van der Waals surface area contributed by atoms with Crippen LogP contribution in [0.25, 0.3) is 99.4 Å². The normalized spacial score (nSPS) is 12.7. The van der Waals surface area contributed by atoms with Crippen molar-refractivity contribution in [1.82, 2.24) is 18.9 Å².